The van der Waals surface area contributed by atoms with E-state index in [1.54, 1.807) is 13.1 Å². The van der Waals surface area contributed by atoms with Gasteiger partial charge in [0.1, 0.15) is 5.56 Å². The average Bonchev–Trinajstić information content (AvgIpc) is 2.81. The molecule has 0 radical (unpaired) electrons. The van der Waals surface area contributed by atoms with Gasteiger partial charge in [0.2, 0.25) is 0 Å². The first-order valence-corrected chi connectivity index (χ1v) is 6.81. The molecule has 5 nitrogen and oxygen atoms in total. The minimum absolute atomic E-state index is 0.0984. The van der Waals surface area contributed by atoms with Crippen molar-refractivity contribution in [1.82, 2.24) is 9.97 Å². The number of rotatable bonds is 3. The largest absolute Gasteiger partial charge is 0.366 e. The SMILES string of the molecule is Cc1c[nH]cc(C(=O)Nc2nc(C(C)C)cs2)c1=O. The van der Waals surface area contributed by atoms with Crippen LogP contribution >= 0.6 is 11.3 Å². The third-order valence-corrected chi connectivity index (χ3v) is 3.48. The fourth-order valence-electron chi connectivity index (χ4n) is 1.54. The van der Waals surface area contributed by atoms with Crippen molar-refractivity contribution in [2.75, 3.05) is 5.32 Å². The zero-order chi connectivity index (χ0) is 14.0. The summed E-state index contributed by atoms with van der Waals surface area (Å²) in [4.78, 5) is 30.9. The lowest BCUT2D eigenvalue weighted by molar-refractivity contribution is 0.102. The molecular weight excluding hydrogens is 262 g/mol. The van der Waals surface area contributed by atoms with E-state index < -0.39 is 5.91 Å². The van der Waals surface area contributed by atoms with E-state index in [0.29, 0.717) is 16.6 Å². The van der Waals surface area contributed by atoms with Crippen LogP contribution in [-0.4, -0.2) is 15.9 Å². The van der Waals surface area contributed by atoms with Gasteiger partial charge in [-0.2, -0.15) is 0 Å². The topological polar surface area (TPSA) is 74.8 Å². The smallest absolute Gasteiger partial charge is 0.262 e. The second-order valence-electron chi connectivity index (χ2n) is 4.57. The summed E-state index contributed by atoms with van der Waals surface area (Å²) in [6.45, 7) is 5.73. The number of pyridine rings is 1. The number of H-pyrrole nitrogens is 1. The van der Waals surface area contributed by atoms with Gasteiger partial charge < -0.3 is 4.98 Å². The summed E-state index contributed by atoms with van der Waals surface area (Å²) in [6, 6.07) is 0. The predicted molar refractivity (Wildman–Crippen MR) is 76.0 cm³/mol. The summed E-state index contributed by atoms with van der Waals surface area (Å²) < 4.78 is 0. The molecule has 0 aliphatic rings. The van der Waals surface area contributed by atoms with Crippen LogP contribution in [0.2, 0.25) is 0 Å². The second kappa shape index (κ2) is 5.36. The highest BCUT2D eigenvalue weighted by atomic mass is 32.1. The van der Waals surface area contributed by atoms with Gasteiger partial charge in [-0.25, -0.2) is 4.98 Å². The van der Waals surface area contributed by atoms with Crippen LogP contribution in [-0.2, 0) is 0 Å². The molecule has 100 valence electrons. The van der Waals surface area contributed by atoms with Crippen molar-refractivity contribution in [3.63, 3.8) is 0 Å². The van der Waals surface area contributed by atoms with E-state index in [1.165, 1.54) is 17.5 Å². The van der Waals surface area contributed by atoms with E-state index in [2.05, 4.69) is 15.3 Å². The molecule has 1 amide bonds. The maximum Gasteiger partial charge on any atom is 0.262 e. The van der Waals surface area contributed by atoms with Gasteiger partial charge in [-0.05, 0) is 12.8 Å². The van der Waals surface area contributed by atoms with E-state index in [9.17, 15) is 9.59 Å². The number of hydrogen-bond donors (Lipinski definition) is 2. The van der Waals surface area contributed by atoms with E-state index in [4.69, 9.17) is 0 Å². The minimum atomic E-state index is -0.436. The monoisotopic (exact) mass is 277 g/mol. The molecule has 2 aromatic rings. The molecule has 2 rings (SSSR count). The lowest BCUT2D eigenvalue weighted by Gasteiger charge is -2.02. The Morgan fingerprint density at radius 1 is 1.42 bits per heavy atom. The Kier molecular flexibility index (Phi) is 3.80. The Bertz CT molecular complexity index is 658. The van der Waals surface area contributed by atoms with Crippen LogP contribution in [0.1, 0.15) is 41.4 Å². The van der Waals surface area contributed by atoms with Crippen LogP contribution in [0.3, 0.4) is 0 Å². The molecule has 0 fully saturated rings. The van der Waals surface area contributed by atoms with Crippen LogP contribution in [0.4, 0.5) is 5.13 Å². The Balaban J connectivity index is 2.21. The molecule has 2 N–H and O–H groups in total. The maximum absolute atomic E-state index is 12.0. The Labute approximate surface area is 114 Å². The van der Waals surface area contributed by atoms with Crippen molar-refractivity contribution < 1.29 is 4.79 Å². The van der Waals surface area contributed by atoms with Gasteiger partial charge in [-0.15, -0.1) is 11.3 Å². The van der Waals surface area contributed by atoms with Crippen LogP contribution < -0.4 is 10.7 Å². The molecule has 2 aromatic heterocycles. The zero-order valence-electron chi connectivity index (χ0n) is 11.0. The standard InChI is InChI=1S/C13H15N3O2S/c1-7(2)10-6-19-13(15-10)16-12(18)9-5-14-4-8(3)11(9)17/h4-7H,1-3H3,(H,14,17)(H,15,16,18). The molecule has 0 unspecified atom stereocenters. The van der Waals surface area contributed by atoms with E-state index in [0.717, 1.165) is 5.69 Å². The first-order valence-electron chi connectivity index (χ1n) is 5.93. The highest BCUT2D eigenvalue weighted by Crippen LogP contribution is 2.21. The maximum atomic E-state index is 12.0. The summed E-state index contributed by atoms with van der Waals surface area (Å²) in [6.07, 6.45) is 2.97. The summed E-state index contributed by atoms with van der Waals surface area (Å²) >= 11 is 1.36. The number of aromatic amines is 1. The van der Waals surface area contributed by atoms with Gasteiger partial charge in [-0.3, -0.25) is 14.9 Å². The molecule has 0 saturated carbocycles. The van der Waals surface area contributed by atoms with Crippen molar-refractivity contribution in [3.05, 3.63) is 44.8 Å². The molecule has 6 heteroatoms. The number of thiazole rings is 1. The molecule has 0 bridgehead atoms. The van der Waals surface area contributed by atoms with Gasteiger partial charge in [0.15, 0.2) is 10.6 Å². The fraction of sp³-hybridized carbons (Fsp3) is 0.308. The molecule has 0 aliphatic carbocycles. The number of nitrogens with one attached hydrogen (secondary N) is 2. The van der Waals surface area contributed by atoms with Crippen molar-refractivity contribution in [2.45, 2.75) is 26.7 Å². The minimum Gasteiger partial charge on any atom is -0.366 e. The molecule has 0 aromatic carbocycles. The first-order chi connectivity index (χ1) is 8.99. The van der Waals surface area contributed by atoms with Gasteiger partial charge in [0.05, 0.1) is 5.69 Å². The molecule has 19 heavy (non-hydrogen) atoms. The van der Waals surface area contributed by atoms with Gasteiger partial charge in [0, 0.05) is 23.3 Å². The zero-order valence-corrected chi connectivity index (χ0v) is 11.8. The van der Waals surface area contributed by atoms with Crippen LogP contribution in [0.5, 0.6) is 0 Å². The number of carbonyl (C=O) groups excluding carboxylic acids is 1. The second-order valence-corrected chi connectivity index (χ2v) is 5.43. The van der Waals surface area contributed by atoms with Gasteiger partial charge >= 0.3 is 0 Å². The third kappa shape index (κ3) is 2.90. The number of nitrogens with zero attached hydrogens (tertiary/aromatic N) is 1. The summed E-state index contributed by atoms with van der Waals surface area (Å²) in [7, 11) is 0. The molecule has 0 aliphatic heterocycles. The van der Waals surface area contributed by atoms with E-state index in [-0.39, 0.29) is 11.0 Å². The Morgan fingerprint density at radius 2 is 2.16 bits per heavy atom. The van der Waals surface area contributed by atoms with Crippen LogP contribution in [0.15, 0.2) is 22.6 Å². The normalized spacial score (nSPS) is 10.7. The summed E-state index contributed by atoms with van der Waals surface area (Å²) in [5, 5.41) is 5.06. The highest BCUT2D eigenvalue weighted by Gasteiger charge is 2.14. The number of anilines is 1. The number of amides is 1. The lowest BCUT2D eigenvalue weighted by atomic mass is 10.2. The number of aromatic nitrogens is 2. The molecule has 2 heterocycles. The Hall–Kier alpha value is -1.95. The van der Waals surface area contributed by atoms with Gasteiger partial charge in [0.25, 0.3) is 5.91 Å². The van der Waals surface area contributed by atoms with Crippen LogP contribution in [0.25, 0.3) is 0 Å². The molecule has 0 spiro atoms. The summed E-state index contributed by atoms with van der Waals surface area (Å²) in [5.41, 5.74) is 1.27. The third-order valence-electron chi connectivity index (χ3n) is 2.71. The predicted octanol–water partition coefficient (Wildman–Crippen LogP) is 2.52. The van der Waals surface area contributed by atoms with Crippen molar-refractivity contribution in [2.24, 2.45) is 0 Å². The quantitative estimate of drug-likeness (QED) is 0.905. The van der Waals surface area contributed by atoms with Crippen molar-refractivity contribution in [1.29, 1.82) is 0 Å². The summed E-state index contributed by atoms with van der Waals surface area (Å²) in [5.74, 6) is -0.126. The molecular formula is C13H15N3O2S. The number of hydrogen-bond acceptors (Lipinski definition) is 4. The van der Waals surface area contributed by atoms with Gasteiger partial charge in [-0.1, -0.05) is 13.8 Å². The fourth-order valence-corrected chi connectivity index (χ4v) is 2.40. The van der Waals surface area contributed by atoms with Crippen molar-refractivity contribution in [3.8, 4) is 0 Å². The Morgan fingerprint density at radius 3 is 2.79 bits per heavy atom. The number of aryl methyl sites for hydroxylation is 1. The van der Waals surface area contributed by atoms with E-state index >= 15 is 0 Å². The highest BCUT2D eigenvalue weighted by molar-refractivity contribution is 7.14. The first kappa shape index (κ1) is 13.5. The average molecular weight is 277 g/mol. The number of carbonyl (C=O) groups is 1. The van der Waals surface area contributed by atoms with Crippen LogP contribution in [0, 0.1) is 6.92 Å². The molecule has 0 atom stereocenters. The molecule has 0 saturated heterocycles. The van der Waals surface area contributed by atoms with E-state index in [1.807, 2.05) is 19.2 Å². The van der Waals surface area contributed by atoms with Crippen molar-refractivity contribution >= 4 is 22.4 Å². The lowest BCUT2D eigenvalue weighted by Crippen LogP contribution is -2.22.